The molecule has 1 aromatic rings. The van der Waals surface area contributed by atoms with E-state index in [2.05, 4.69) is 22.9 Å². The molecule has 0 spiro atoms. The molecule has 0 aliphatic carbocycles. The maximum Gasteiger partial charge on any atom is 0.0998 e. The summed E-state index contributed by atoms with van der Waals surface area (Å²) in [4.78, 5) is 6.48. The summed E-state index contributed by atoms with van der Waals surface area (Å²) in [6, 6.07) is 4.15. The number of hydrogen-bond acceptors (Lipinski definition) is 3. The zero-order valence-corrected chi connectivity index (χ0v) is 8.95. The van der Waals surface area contributed by atoms with Gasteiger partial charge in [0, 0.05) is 37.8 Å². The SMILES string of the molecule is COC1(C)CN(c2ccnc(C)c2)C1. The number of rotatable bonds is 2. The van der Waals surface area contributed by atoms with Gasteiger partial charge >= 0.3 is 0 Å². The number of pyridine rings is 1. The van der Waals surface area contributed by atoms with E-state index in [9.17, 15) is 0 Å². The first-order chi connectivity index (χ1) is 6.63. The van der Waals surface area contributed by atoms with Gasteiger partial charge in [0.25, 0.3) is 0 Å². The Labute approximate surface area is 84.7 Å². The average molecular weight is 192 g/mol. The highest BCUT2D eigenvalue weighted by Crippen LogP contribution is 2.29. The van der Waals surface area contributed by atoms with E-state index in [4.69, 9.17) is 4.74 Å². The van der Waals surface area contributed by atoms with E-state index >= 15 is 0 Å². The van der Waals surface area contributed by atoms with Crippen molar-refractivity contribution in [1.82, 2.24) is 4.98 Å². The van der Waals surface area contributed by atoms with E-state index in [1.807, 2.05) is 19.2 Å². The van der Waals surface area contributed by atoms with Gasteiger partial charge in [-0.25, -0.2) is 0 Å². The van der Waals surface area contributed by atoms with Crippen LogP contribution in [0.4, 0.5) is 5.69 Å². The first-order valence-corrected chi connectivity index (χ1v) is 4.86. The van der Waals surface area contributed by atoms with Gasteiger partial charge in [0.05, 0.1) is 5.60 Å². The Hall–Kier alpha value is -1.09. The van der Waals surface area contributed by atoms with Crippen molar-refractivity contribution in [2.75, 3.05) is 25.1 Å². The summed E-state index contributed by atoms with van der Waals surface area (Å²) in [7, 11) is 1.77. The number of aryl methyl sites for hydroxylation is 1. The normalized spacial score (nSPS) is 19.2. The molecule has 0 atom stereocenters. The highest BCUT2D eigenvalue weighted by molar-refractivity contribution is 5.50. The fourth-order valence-electron chi connectivity index (χ4n) is 1.80. The summed E-state index contributed by atoms with van der Waals surface area (Å²) in [5.74, 6) is 0. The van der Waals surface area contributed by atoms with Gasteiger partial charge in [-0.15, -0.1) is 0 Å². The zero-order chi connectivity index (χ0) is 10.2. The van der Waals surface area contributed by atoms with Crippen molar-refractivity contribution in [3.05, 3.63) is 24.0 Å². The topological polar surface area (TPSA) is 25.4 Å². The molecule has 1 aromatic heterocycles. The Bertz CT molecular complexity index is 332. The van der Waals surface area contributed by atoms with Crippen LogP contribution in [0, 0.1) is 6.92 Å². The molecule has 0 bridgehead atoms. The highest BCUT2D eigenvalue weighted by Gasteiger charge is 2.38. The molecule has 76 valence electrons. The monoisotopic (exact) mass is 192 g/mol. The second kappa shape index (κ2) is 3.24. The summed E-state index contributed by atoms with van der Waals surface area (Å²) in [5.41, 5.74) is 2.34. The smallest absolute Gasteiger partial charge is 0.0998 e. The van der Waals surface area contributed by atoms with Crippen LogP contribution in [0.25, 0.3) is 0 Å². The number of anilines is 1. The van der Waals surface area contributed by atoms with Crippen LogP contribution >= 0.6 is 0 Å². The van der Waals surface area contributed by atoms with Crippen LogP contribution in [0.1, 0.15) is 12.6 Å². The summed E-state index contributed by atoms with van der Waals surface area (Å²) < 4.78 is 5.40. The van der Waals surface area contributed by atoms with Crippen molar-refractivity contribution >= 4 is 5.69 Å². The molecule has 1 aliphatic heterocycles. The maximum atomic E-state index is 5.40. The molecule has 0 amide bonds. The molecular formula is C11H16N2O. The van der Waals surface area contributed by atoms with E-state index in [1.165, 1.54) is 5.69 Å². The fraction of sp³-hybridized carbons (Fsp3) is 0.545. The van der Waals surface area contributed by atoms with Crippen molar-refractivity contribution in [1.29, 1.82) is 0 Å². The van der Waals surface area contributed by atoms with Crippen LogP contribution in [0.15, 0.2) is 18.3 Å². The van der Waals surface area contributed by atoms with Gasteiger partial charge in [0.1, 0.15) is 0 Å². The highest BCUT2D eigenvalue weighted by atomic mass is 16.5. The van der Waals surface area contributed by atoms with Gasteiger partial charge in [-0.3, -0.25) is 4.98 Å². The molecule has 1 saturated heterocycles. The van der Waals surface area contributed by atoms with Crippen LogP contribution in [0.3, 0.4) is 0 Å². The van der Waals surface area contributed by atoms with Crippen LogP contribution in [0.5, 0.6) is 0 Å². The van der Waals surface area contributed by atoms with Crippen molar-refractivity contribution in [3.63, 3.8) is 0 Å². The summed E-state index contributed by atoms with van der Waals surface area (Å²) in [6.07, 6.45) is 1.85. The van der Waals surface area contributed by atoms with Crippen molar-refractivity contribution in [2.45, 2.75) is 19.4 Å². The lowest BCUT2D eigenvalue weighted by molar-refractivity contribution is -0.0167. The van der Waals surface area contributed by atoms with E-state index in [0.29, 0.717) is 0 Å². The number of aromatic nitrogens is 1. The second-order valence-corrected chi connectivity index (χ2v) is 4.17. The third-order valence-electron chi connectivity index (χ3n) is 2.79. The fourth-order valence-corrected chi connectivity index (χ4v) is 1.80. The molecule has 1 aliphatic rings. The average Bonchev–Trinajstić information content (AvgIpc) is 2.13. The Balaban J connectivity index is 2.06. The lowest BCUT2D eigenvalue weighted by Gasteiger charge is -2.48. The summed E-state index contributed by atoms with van der Waals surface area (Å²) in [5, 5.41) is 0. The molecule has 2 heterocycles. The third kappa shape index (κ3) is 1.60. The number of methoxy groups -OCH3 is 1. The van der Waals surface area contributed by atoms with Crippen molar-refractivity contribution in [2.24, 2.45) is 0 Å². The predicted octanol–water partition coefficient (Wildman–Crippen LogP) is 1.62. The quantitative estimate of drug-likeness (QED) is 0.712. The van der Waals surface area contributed by atoms with Gasteiger partial charge in [-0.1, -0.05) is 0 Å². The van der Waals surface area contributed by atoms with Gasteiger partial charge in [0.2, 0.25) is 0 Å². The zero-order valence-electron chi connectivity index (χ0n) is 8.95. The van der Waals surface area contributed by atoms with E-state index < -0.39 is 0 Å². The number of nitrogens with zero attached hydrogens (tertiary/aromatic N) is 2. The van der Waals surface area contributed by atoms with Gasteiger partial charge in [0.15, 0.2) is 0 Å². The van der Waals surface area contributed by atoms with Gasteiger partial charge in [-0.2, -0.15) is 0 Å². The first kappa shape index (κ1) is 9.46. The molecule has 0 saturated carbocycles. The lowest BCUT2D eigenvalue weighted by Crippen LogP contribution is -2.61. The lowest BCUT2D eigenvalue weighted by atomic mass is 9.96. The second-order valence-electron chi connectivity index (χ2n) is 4.17. The minimum atomic E-state index is 0.0389. The number of hydrogen-bond donors (Lipinski definition) is 0. The van der Waals surface area contributed by atoms with Gasteiger partial charge < -0.3 is 9.64 Å². The molecule has 3 heteroatoms. The molecule has 14 heavy (non-hydrogen) atoms. The minimum absolute atomic E-state index is 0.0389. The minimum Gasteiger partial charge on any atom is -0.375 e. The van der Waals surface area contributed by atoms with Crippen LogP contribution in [-0.4, -0.2) is 30.8 Å². The molecule has 0 unspecified atom stereocenters. The van der Waals surface area contributed by atoms with Crippen molar-refractivity contribution < 1.29 is 4.74 Å². The Morgan fingerprint density at radius 1 is 1.50 bits per heavy atom. The molecule has 0 aromatic carbocycles. The van der Waals surface area contributed by atoms with E-state index in [0.717, 1.165) is 18.8 Å². The van der Waals surface area contributed by atoms with Crippen LogP contribution < -0.4 is 4.90 Å². The summed E-state index contributed by atoms with van der Waals surface area (Å²) >= 11 is 0. The maximum absolute atomic E-state index is 5.40. The Morgan fingerprint density at radius 3 is 2.79 bits per heavy atom. The van der Waals surface area contributed by atoms with Crippen LogP contribution in [0.2, 0.25) is 0 Å². The Morgan fingerprint density at radius 2 is 2.21 bits per heavy atom. The molecular weight excluding hydrogens is 176 g/mol. The van der Waals surface area contributed by atoms with Gasteiger partial charge in [-0.05, 0) is 26.0 Å². The summed E-state index contributed by atoms with van der Waals surface area (Å²) in [6.45, 7) is 6.08. The number of ether oxygens (including phenoxy) is 1. The largest absolute Gasteiger partial charge is 0.375 e. The third-order valence-corrected chi connectivity index (χ3v) is 2.79. The Kier molecular flexibility index (Phi) is 2.19. The molecule has 2 rings (SSSR count). The molecule has 1 fully saturated rings. The molecule has 0 radical (unpaired) electrons. The first-order valence-electron chi connectivity index (χ1n) is 4.86. The predicted molar refractivity (Wildman–Crippen MR) is 56.6 cm³/mol. The molecule has 0 N–H and O–H groups in total. The van der Waals surface area contributed by atoms with E-state index in [1.54, 1.807) is 7.11 Å². The van der Waals surface area contributed by atoms with Crippen LogP contribution in [-0.2, 0) is 4.74 Å². The standard InChI is InChI=1S/C11H16N2O/c1-9-6-10(4-5-12-9)13-7-11(2,8-13)14-3/h4-6H,7-8H2,1-3H3. The molecule has 3 nitrogen and oxygen atoms in total. The van der Waals surface area contributed by atoms with Crippen molar-refractivity contribution in [3.8, 4) is 0 Å². The van der Waals surface area contributed by atoms with E-state index in [-0.39, 0.29) is 5.60 Å².